The van der Waals surface area contributed by atoms with Crippen LogP contribution in [-0.4, -0.2) is 45.2 Å². The highest BCUT2D eigenvalue weighted by molar-refractivity contribution is 6.10. The fourth-order valence-electron chi connectivity index (χ4n) is 1.44. The van der Waals surface area contributed by atoms with E-state index in [2.05, 4.69) is 9.73 Å². The molecule has 0 atom stereocenters. The summed E-state index contributed by atoms with van der Waals surface area (Å²) in [5.74, 6) is -0.393. The molecule has 0 spiro atoms. The quantitative estimate of drug-likeness (QED) is 0.373. The van der Waals surface area contributed by atoms with Crippen molar-refractivity contribution in [2.24, 2.45) is 4.99 Å². The van der Waals surface area contributed by atoms with E-state index in [1.54, 1.807) is 24.3 Å². The molecule has 0 aliphatic heterocycles. The lowest BCUT2D eigenvalue weighted by molar-refractivity contribution is -0.135. The fraction of sp³-hybridized carbons (Fsp3) is 0.286. The number of hydrogen-bond acceptors (Lipinski definition) is 6. The molecular formula is C14H17NO5. The van der Waals surface area contributed by atoms with Crippen molar-refractivity contribution >= 4 is 17.9 Å². The smallest absolute Gasteiger partial charge is 0.342 e. The number of aliphatic hydroxyl groups is 1. The zero-order chi connectivity index (χ0) is 15.0. The Labute approximate surface area is 117 Å². The van der Waals surface area contributed by atoms with E-state index in [4.69, 9.17) is 9.47 Å². The summed E-state index contributed by atoms with van der Waals surface area (Å²) in [6.07, 6.45) is 1.22. The molecule has 6 nitrogen and oxygen atoms in total. The third kappa shape index (κ3) is 4.10. The molecule has 1 rings (SSSR count). The maximum absolute atomic E-state index is 11.6. The van der Waals surface area contributed by atoms with E-state index >= 15 is 0 Å². The van der Waals surface area contributed by atoms with Crippen molar-refractivity contribution in [1.82, 2.24) is 0 Å². The molecule has 0 radical (unpaired) electrons. The number of rotatable bonds is 6. The fourth-order valence-corrected chi connectivity index (χ4v) is 1.44. The van der Waals surface area contributed by atoms with Crippen LogP contribution in [0.2, 0.25) is 0 Å². The molecular weight excluding hydrogens is 262 g/mol. The SMILES string of the molecule is COC/C(O)=C(/C=Nc1ccccc1OC)C(=O)OC. The van der Waals surface area contributed by atoms with Gasteiger partial charge in [0, 0.05) is 13.3 Å². The van der Waals surface area contributed by atoms with Crippen LogP contribution in [0.5, 0.6) is 5.75 Å². The molecule has 0 amide bonds. The summed E-state index contributed by atoms with van der Waals surface area (Å²) in [6, 6.07) is 7.05. The van der Waals surface area contributed by atoms with Crippen LogP contribution in [-0.2, 0) is 14.3 Å². The summed E-state index contributed by atoms with van der Waals surface area (Å²) >= 11 is 0. The van der Waals surface area contributed by atoms with Gasteiger partial charge in [-0.1, -0.05) is 12.1 Å². The summed E-state index contributed by atoms with van der Waals surface area (Å²) in [6.45, 7) is -0.109. The van der Waals surface area contributed by atoms with Gasteiger partial charge in [0.15, 0.2) is 0 Å². The number of nitrogens with zero attached hydrogens (tertiary/aromatic N) is 1. The van der Waals surface area contributed by atoms with Gasteiger partial charge in [-0.25, -0.2) is 4.79 Å². The van der Waals surface area contributed by atoms with Gasteiger partial charge in [0.25, 0.3) is 0 Å². The topological polar surface area (TPSA) is 77.4 Å². The molecule has 20 heavy (non-hydrogen) atoms. The number of esters is 1. The van der Waals surface area contributed by atoms with Gasteiger partial charge in [-0.3, -0.25) is 4.99 Å². The summed E-state index contributed by atoms with van der Waals surface area (Å²) in [5, 5.41) is 9.75. The van der Waals surface area contributed by atoms with Crippen LogP contribution >= 0.6 is 0 Å². The highest BCUT2D eigenvalue weighted by Gasteiger charge is 2.14. The number of methoxy groups -OCH3 is 3. The van der Waals surface area contributed by atoms with Gasteiger partial charge in [0.2, 0.25) is 0 Å². The van der Waals surface area contributed by atoms with Gasteiger partial charge >= 0.3 is 5.97 Å². The second kappa shape index (κ2) is 7.96. The number of hydrogen-bond donors (Lipinski definition) is 1. The number of benzene rings is 1. The summed E-state index contributed by atoms with van der Waals surface area (Å²) < 4.78 is 14.5. The minimum atomic E-state index is -0.696. The average Bonchev–Trinajstić information content (AvgIpc) is 2.47. The molecule has 1 aromatic carbocycles. The van der Waals surface area contributed by atoms with Crippen LogP contribution in [0.25, 0.3) is 0 Å². The first-order chi connectivity index (χ1) is 9.63. The van der Waals surface area contributed by atoms with Gasteiger partial charge in [-0.2, -0.15) is 0 Å². The van der Waals surface area contributed by atoms with Crippen LogP contribution in [0.3, 0.4) is 0 Å². The Kier molecular flexibility index (Phi) is 6.25. The molecule has 108 valence electrons. The lowest BCUT2D eigenvalue weighted by Crippen LogP contribution is -2.11. The molecule has 1 aromatic rings. The molecule has 0 saturated heterocycles. The van der Waals surface area contributed by atoms with Crippen molar-refractivity contribution in [3.63, 3.8) is 0 Å². The predicted octanol–water partition coefficient (Wildman–Crippen LogP) is 2.03. The maximum Gasteiger partial charge on any atom is 0.342 e. The van der Waals surface area contributed by atoms with Crippen LogP contribution < -0.4 is 4.74 Å². The number of ether oxygens (including phenoxy) is 3. The van der Waals surface area contributed by atoms with Crippen molar-refractivity contribution in [2.75, 3.05) is 27.9 Å². The first-order valence-electron chi connectivity index (χ1n) is 5.80. The summed E-state index contributed by atoms with van der Waals surface area (Å²) in [4.78, 5) is 15.7. The zero-order valence-corrected chi connectivity index (χ0v) is 11.6. The molecule has 0 unspecified atom stereocenters. The molecule has 0 saturated carbocycles. The van der Waals surface area contributed by atoms with Crippen LogP contribution in [0.1, 0.15) is 0 Å². The second-order valence-electron chi connectivity index (χ2n) is 3.72. The second-order valence-corrected chi connectivity index (χ2v) is 3.72. The van der Waals surface area contributed by atoms with E-state index in [0.717, 1.165) is 0 Å². The highest BCUT2D eigenvalue weighted by Crippen LogP contribution is 2.26. The Bertz CT molecular complexity index is 522. The van der Waals surface area contributed by atoms with E-state index in [9.17, 15) is 9.90 Å². The third-order valence-corrected chi connectivity index (χ3v) is 2.42. The Morgan fingerprint density at radius 1 is 1.30 bits per heavy atom. The number of aliphatic hydroxyl groups excluding tert-OH is 1. The zero-order valence-electron chi connectivity index (χ0n) is 11.6. The van der Waals surface area contributed by atoms with Gasteiger partial charge in [0.05, 0.1) is 14.2 Å². The Balaban J connectivity index is 3.09. The van der Waals surface area contributed by atoms with Gasteiger partial charge in [-0.05, 0) is 12.1 Å². The molecule has 0 aromatic heterocycles. The Morgan fingerprint density at radius 3 is 2.60 bits per heavy atom. The predicted molar refractivity (Wildman–Crippen MR) is 74.7 cm³/mol. The maximum atomic E-state index is 11.6. The van der Waals surface area contributed by atoms with E-state index in [-0.39, 0.29) is 17.9 Å². The van der Waals surface area contributed by atoms with Crippen LogP contribution in [0, 0.1) is 0 Å². The lowest BCUT2D eigenvalue weighted by Gasteiger charge is -2.05. The first-order valence-corrected chi connectivity index (χ1v) is 5.80. The molecule has 0 aliphatic rings. The van der Waals surface area contributed by atoms with Gasteiger partial charge < -0.3 is 19.3 Å². The van der Waals surface area contributed by atoms with Crippen LogP contribution in [0.4, 0.5) is 5.69 Å². The van der Waals surface area contributed by atoms with E-state index in [1.165, 1.54) is 27.5 Å². The Morgan fingerprint density at radius 2 is 2.00 bits per heavy atom. The molecule has 0 bridgehead atoms. The summed E-state index contributed by atoms with van der Waals surface area (Å²) in [7, 11) is 4.15. The minimum absolute atomic E-state index is 0.0692. The number of carbonyl (C=O) groups excluding carboxylic acids is 1. The third-order valence-electron chi connectivity index (χ3n) is 2.42. The summed E-state index contributed by atoms with van der Waals surface area (Å²) in [5.41, 5.74) is 0.460. The van der Waals surface area contributed by atoms with E-state index < -0.39 is 5.97 Å². The Hall–Kier alpha value is -2.34. The average molecular weight is 279 g/mol. The first kappa shape index (κ1) is 15.7. The van der Waals surface area contributed by atoms with Crippen molar-refractivity contribution < 1.29 is 24.1 Å². The van der Waals surface area contributed by atoms with Gasteiger partial charge in [0.1, 0.15) is 29.4 Å². The monoisotopic (exact) mass is 279 g/mol. The number of aliphatic imine (C=N–C) groups is 1. The normalized spacial score (nSPS) is 12.2. The highest BCUT2D eigenvalue weighted by atomic mass is 16.5. The minimum Gasteiger partial charge on any atom is -0.509 e. The van der Waals surface area contributed by atoms with Gasteiger partial charge in [-0.15, -0.1) is 0 Å². The van der Waals surface area contributed by atoms with E-state index in [1.807, 2.05) is 0 Å². The van der Waals surface area contributed by atoms with Crippen molar-refractivity contribution in [3.8, 4) is 5.75 Å². The molecule has 0 fully saturated rings. The number of para-hydroxylation sites is 2. The van der Waals surface area contributed by atoms with Crippen LogP contribution in [0.15, 0.2) is 40.6 Å². The molecule has 0 aliphatic carbocycles. The van der Waals surface area contributed by atoms with E-state index in [0.29, 0.717) is 11.4 Å². The molecule has 1 N–H and O–H groups in total. The largest absolute Gasteiger partial charge is 0.509 e. The molecule has 6 heteroatoms. The molecule has 0 heterocycles. The van der Waals surface area contributed by atoms with Crippen molar-refractivity contribution in [2.45, 2.75) is 0 Å². The van der Waals surface area contributed by atoms with Crippen molar-refractivity contribution in [1.29, 1.82) is 0 Å². The van der Waals surface area contributed by atoms with Crippen molar-refractivity contribution in [3.05, 3.63) is 35.6 Å². The standard InChI is InChI=1S/C14H17NO5/c1-18-9-12(16)10(14(17)20-3)8-15-11-6-4-5-7-13(11)19-2/h4-8,16H,9H2,1-3H3/b12-10+,15-8?. The lowest BCUT2D eigenvalue weighted by atomic mass is 10.2. The number of carbonyl (C=O) groups is 1.